The van der Waals surface area contributed by atoms with Crippen LogP contribution in [0, 0.1) is 6.92 Å². The summed E-state index contributed by atoms with van der Waals surface area (Å²) < 4.78 is 0. The van der Waals surface area contributed by atoms with Crippen molar-refractivity contribution in [1.29, 1.82) is 0 Å². The van der Waals surface area contributed by atoms with Gasteiger partial charge in [0.15, 0.2) is 0 Å². The Balaban J connectivity index is 2.88. The molecule has 0 saturated heterocycles. The molecule has 0 heterocycles. The molecule has 1 aromatic rings. The van der Waals surface area contributed by atoms with Gasteiger partial charge in [-0.2, -0.15) is 0 Å². The number of hydrogen-bond donors (Lipinski definition) is 2. The molecule has 8 heteroatoms. The number of anilines is 1. The third kappa shape index (κ3) is 4.34. The molecule has 0 saturated carbocycles. The number of carboxylic acids is 1. The third-order valence-corrected chi connectivity index (χ3v) is 5.56. The summed E-state index contributed by atoms with van der Waals surface area (Å²) in [5, 5.41) is 12.1. The molecule has 2 N–H and O–H groups in total. The smallest absolute Gasteiger partial charge is 0.318 e. The zero-order chi connectivity index (χ0) is 14.7. The first kappa shape index (κ1) is 16.8. The minimum Gasteiger partial charge on any atom is -0.480 e. The van der Waals surface area contributed by atoms with Gasteiger partial charge in [0, 0.05) is 5.69 Å². The number of aryl methyl sites for hydroxylation is 1. The number of halogens is 4. The Morgan fingerprint density at radius 3 is 2.26 bits per heavy atom. The first-order valence-electron chi connectivity index (χ1n) is 5.01. The molecule has 0 aliphatic heterocycles. The van der Waals surface area contributed by atoms with Crippen LogP contribution in [-0.2, 0) is 9.59 Å². The van der Waals surface area contributed by atoms with Gasteiger partial charge in [-0.3, -0.25) is 9.59 Å². The normalized spacial score (nSPS) is 13.7. The molecule has 4 nitrogen and oxygen atoms in total. The lowest BCUT2D eigenvalue weighted by Crippen LogP contribution is -2.34. The second kappa shape index (κ2) is 6.92. The summed E-state index contributed by atoms with van der Waals surface area (Å²) >= 11 is 17.6. The van der Waals surface area contributed by atoms with E-state index in [1.807, 2.05) is 0 Å². The summed E-state index contributed by atoms with van der Waals surface area (Å²) in [6.07, 6.45) is 0. The van der Waals surface area contributed by atoms with Crippen LogP contribution in [-0.4, -0.2) is 26.6 Å². The Labute approximate surface area is 136 Å². The lowest BCUT2D eigenvalue weighted by Gasteiger charge is -2.15. The number of benzene rings is 1. The summed E-state index contributed by atoms with van der Waals surface area (Å²) in [6, 6.07) is 3.13. The van der Waals surface area contributed by atoms with E-state index in [-0.39, 0.29) is 0 Å². The highest BCUT2D eigenvalue weighted by atomic mass is 79.9. The largest absolute Gasteiger partial charge is 0.480 e. The number of carbonyl (C=O) groups is 2. The van der Waals surface area contributed by atoms with E-state index < -0.39 is 21.5 Å². The van der Waals surface area contributed by atoms with Crippen molar-refractivity contribution in [3.05, 3.63) is 27.7 Å². The van der Waals surface area contributed by atoms with Gasteiger partial charge in [-0.15, -0.1) is 0 Å². The quantitative estimate of drug-likeness (QED) is 0.709. The van der Waals surface area contributed by atoms with E-state index in [9.17, 15) is 9.59 Å². The van der Waals surface area contributed by atoms with Gasteiger partial charge in [0.25, 0.3) is 0 Å². The van der Waals surface area contributed by atoms with E-state index in [0.29, 0.717) is 15.7 Å². The number of amides is 1. The fraction of sp³-hybridized carbons (Fsp3) is 0.273. The number of carboxylic acid groups (broad SMARTS) is 1. The fourth-order valence-electron chi connectivity index (χ4n) is 1.24. The third-order valence-electron chi connectivity index (χ3n) is 2.27. The van der Waals surface area contributed by atoms with E-state index in [1.54, 1.807) is 13.0 Å². The van der Waals surface area contributed by atoms with Gasteiger partial charge in [0.2, 0.25) is 5.91 Å². The molecule has 2 atom stereocenters. The van der Waals surface area contributed by atoms with Crippen molar-refractivity contribution in [3.8, 4) is 0 Å². The molecule has 19 heavy (non-hydrogen) atoms. The predicted molar refractivity (Wildman–Crippen MR) is 82.9 cm³/mol. The highest BCUT2D eigenvalue weighted by Gasteiger charge is 2.29. The average molecular weight is 434 g/mol. The van der Waals surface area contributed by atoms with Crippen LogP contribution < -0.4 is 5.32 Å². The maximum atomic E-state index is 11.9. The maximum Gasteiger partial charge on any atom is 0.318 e. The molecule has 0 bridgehead atoms. The van der Waals surface area contributed by atoms with Crippen molar-refractivity contribution >= 4 is 72.6 Å². The highest BCUT2D eigenvalue weighted by molar-refractivity contribution is 9.12. The van der Waals surface area contributed by atoms with Gasteiger partial charge in [-0.25, -0.2) is 0 Å². The van der Waals surface area contributed by atoms with Crippen LogP contribution in [0.1, 0.15) is 5.56 Å². The first-order valence-corrected chi connectivity index (χ1v) is 7.60. The van der Waals surface area contributed by atoms with E-state index in [1.165, 1.54) is 6.07 Å². The predicted octanol–water partition coefficient (Wildman–Crippen LogP) is 3.85. The maximum absolute atomic E-state index is 11.9. The van der Waals surface area contributed by atoms with Gasteiger partial charge in [-0.1, -0.05) is 55.1 Å². The molecular weight excluding hydrogens is 425 g/mol. The minimum atomic E-state index is -1.14. The van der Waals surface area contributed by atoms with Crippen molar-refractivity contribution in [2.24, 2.45) is 0 Å². The molecule has 0 aliphatic rings. The van der Waals surface area contributed by atoms with E-state index in [0.717, 1.165) is 5.56 Å². The van der Waals surface area contributed by atoms with Gasteiger partial charge in [0.1, 0.15) is 9.65 Å². The first-order chi connectivity index (χ1) is 8.73. The zero-order valence-electron chi connectivity index (χ0n) is 9.58. The molecule has 0 aromatic heterocycles. The molecule has 1 aromatic carbocycles. The number of hydrogen-bond acceptors (Lipinski definition) is 2. The number of aliphatic carboxylic acids is 1. The zero-order valence-corrected chi connectivity index (χ0v) is 14.3. The lowest BCUT2D eigenvalue weighted by molar-refractivity contribution is -0.137. The van der Waals surface area contributed by atoms with E-state index in [4.69, 9.17) is 28.3 Å². The molecule has 1 amide bonds. The lowest BCUT2D eigenvalue weighted by atomic mass is 10.2. The van der Waals surface area contributed by atoms with Crippen LogP contribution in [0.5, 0.6) is 0 Å². The van der Waals surface area contributed by atoms with Gasteiger partial charge in [0.05, 0.1) is 10.0 Å². The Bertz CT molecular complexity index is 525. The van der Waals surface area contributed by atoms with Crippen molar-refractivity contribution in [2.75, 3.05) is 5.32 Å². The van der Waals surface area contributed by atoms with Crippen molar-refractivity contribution in [1.82, 2.24) is 0 Å². The van der Waals surface area contributed by atoms with E-state index >= 15 is 0 Å². The van der Waals surface area contributed by atoms with Crippen molar-refractivity contribution < 1.29 is 14.7 Å². The van der Waals surface area contributed by atoms with Crippen molar-refractivity contribution in [2.45, 2.75) is 16.6 Å². The molecule has 0 unspecified atom stereocenters. The van der Waals surface area contributed by atoms with Crippen LogP contribution in [0.2, 0.25) is 10.0 Å². The number of rotatable bonds is 4. The van der Waals surface area contributed by atoms with Crippen LogP contribution in [0.4, 0.5) is 5.69 Å². The topological polar surface area (TPSA) is 66.4 Å². The number of alkyl halides is 2. The Morgan fingerprint density at radius 1 is 1.21 bits per heavy atom. The summed E-state index contributed by atoms with van der Waals surface area (Å²) in [5.74, 6) is -1.63. The SMILES string of the molecule is Cc1cc(Cl)c(Cl)cc1NC(=O)[C@H](Br)[C@@H](Br)C(=O)O. The molecule has 0 radical (unpaired) electrons. The Kier molecular flexibility index (Phi) is 6.11. The molecule has 104 valence electrons. The highest BCUT2D eigenvalue weighted by Crippen LogP contribution is 2.29. The van der Waals surface area contributed by atoms with Crippen molar-refractivity contribution in [3.63, 3.8) is 0 Å². The molecule has 0 spiro atoms. The van der Waals surface area contributed by atoms with Gasteiger partial charge < -0.3 is 10.4 Å². The van der Waals surface area contributed by atoms with Crippen LogP contribution >= 0.6 is 55.1 Å². The number of nitrogens with one attached hydrogen (secondary N) is 1. The Morgan fingerprint density at radius 2 is 1.74 bits per heavy atom. The van der Waals surface area contributed by atoms with E-state index in [2.05, 4.69) is 37.2 Å². The summed E-state index contributed by atoms with van der Waals surface area (Å²) in [7, 11) is 0. The second-order valence-electron chi connectivity index (χ2n) is 3.71. The fourth-order valence-corrected chi connectivity index (χ4v) is 2.20. The van der Waals surface area contributed by atoms with Crippen LogP contribution in [0.15, 0.2) is 12.1 Å². The molecular formula is C11H9Br2Cl2NO3. The van der Waals surface area contributed by atoms with Crippen LogP contribution in [0.25, 0.3) is 0 Å². The van der Waals surface area contributed by atoms with Gasteiger partial charge >= 0.3 is 5.97 Å². The Hall–Kier alpha value is -0.300. The number of carbonyl (C=O) groups excluding carboxylic acids is 1. The molecule has 0 fully saturated rings. The summed E-state index contributed by atoms with van der Waals surface area (Å²) in [4.78, 5) is 20.7. The average Bonchev–Trinajstić information content (AvgIpc) is 2.33. The minimum absolute atomic E-state index is 0.308. The standard InChI is InChI=1S/C11H9Br2Cl2NO3/c1-4-2-5(14)6(15)3-7(4)16-10(17)8(12)9(13)11(18)19/h2-3,8-9H,1H3,(H,16,17)(H,18,19)/t8-,9-/m1/s1. The molecule has 0 aliphatic carbocycles. The molecule has 1 rings (SSSR count). The second-order valence-corrected chi connectivity index (χ2v) is 6.50. The van der Waals surface area contributed by atoms with Gasteiger partial charge in [-0.05, 0) is 24.6 Å². The summed E-state index contributed by atoms with van der Waals surface area (Å²) in [6.45, 7) is 1.75. The summed E-state index contributed by atoms with van der Waals surface area (Å²) in [5.41, 5.74) is 1.21. The van der Waals surface area contributed by atoms with Crippen LogP contribution in [0.3, 0.4) is 0 Å². The monoisotopic (exact) mass is 431 g/mol.